The molecule has 1 aromatic rings. The van der Waals surface area contributed by atoms with Gasteiger partial charge in [0, 0.05) is 0 Å². The zero-order chi connectivity index (χ0) is 14.7. The van der Waals surface area contributed by atoms with Crippen LogP contribution < -0.4 is 5.32 Å². The number of amides is 1. The van der Waals surface area contributed by atoms with Crippen molar-refractivity contribution in [2.45, 2.75) is 62.8 Å². The van der Waals surface area contributed by atoms with E-state index in [-0.39, 0.29) is 24.0 Å². The summed E-state index contributed by atoms with van der Waals surface area (Å²) in [5, 5.41) is 13.0. The summed E-state index contributed by atoms with van der Waals surface area (Å²) in [6, 6.07) is 8.30. The molecule has 0 heterocycles. The van der Waals surface area contributed by atoms with Crippen molar-refractivity contribution in [3.05, 3.63) is 35.4 Å². The maximum absolute atomic E-state index is 12.8. The second-order valence-electron chi connectivity index (χ2n) is 6.63. The van der Waals surface area contributed by atoms with Crippen LogP contribution in [0.3, 0.4) is 0 Å². The van der Waals surface area contributed by atoms with Crippen molar-refractivity contribution in [2.24, 2.45) is 0 Å². The van der Waals surface area contributed by atoms with Crippen molar-refractivity contribution in [2.75, 3.05) is 6.61 Å². The van der Waals surface area contributed by atoms with Gasteiger partial charge in [-0.25, -0.2) is 0 Å². The van der Waals surface area contributed by atoms with Crippen molar-refractivity contribution in [1.29, 1.82) is 0 Å². The quantitative estimate of drug-likeness (QED) is 0.898. The third-order valence-corrected chi connectivity index (χ3v) is 5.19. The molecule has 2 aliphatic carbocycles. The fraction of sp³-hybridized carbons (Fsp3) is 0.611. The predicted octanol–water partition coefficient (Wildman–Crippen LogP) is 2.92. The lowest BCUT2D eigenvalue weighted by Gasteiger charge is -2.38. The Morgan fingerprint density at radius 3 is 2.71 bits per heavy atom. The molecule has 0 spiro atoms. The van der Waals surface area contributed by atoms with Gasteiger partial charge in [-0.1, -0.05) is 43.5 Å². The van der Waals surface area contributed by atoms with Crippen LogP contribution in [0.15, 0.2) is 24.3 Å². The molecule has 2 N–H and O–H groups in total. The molecule has 1 aromatic carbocycles. The van der Waals surface area contributed by atoms with E-state index in [1.54, 1.807) is 0 Å². The number of fused-ring (bicyclic) bond motifs is 1. The summed E-state index contributed by atoms with van der Waals surface area (Å²) in [4.78, 5) is 12.8. The molecule has 1 saturated carbocycles. The number of hydrogen-bond donors (Lipinski definition) is 2. The second kappa shape index (κ2) is 6.18. The van der Waals surface area contributed by atoms with Gasteiger partial charge in [0.25, 0.3) is 0 Å². The van der Waals surface area contributed by atoms with E-state index in [4.69, 9.17) is 0 Å². The number of aliphatic hydroxyl groups excluding tert-OH is 1. The monoisotopic (exact) mass is 287 g/mol. The molecule has 0 radical (unpaired) electrons. The first-order valence-corrected chi connectivity index (χ1v) is 8.25. The fourth-order valence-electron chi connectivity index (χ4n) is 3.93. The summed E-state index contributed by atoms with van der Waals surface area (Å²) in [5.74, 6) is 0.0680. The third-order valence-electron chi connectivity index (χ3n) is 5.19. The molecule has 3 nitrogen and oxygen atoms in total. The minimum absolute atomic E-state index is 0.0414. The van der Waals surface area contributed by atoms with Crippen LogP contribution in [0.4, 0.5) is 0 Å². The van der Waals surface area contributed by atoms with Gasteiger partial charge in [-0.2, -0.15) is 0 Å². The minimum Gasteiger partial charge on any atom is -0.394 e. The Balaban J connectivity index is 1.77. The summed E-state index contributed by atoms with van der Waals surface area (Å²) in [7, 11) is 0. The van der Waals surface area contributed by atoms with Crippen molar-refractivity contribution in [3.63, 3.8) is 0 Å². The number of carbonyl (C=O) groups is 1. The van der Waals surface area contributed by atoms with Crippen LogP contribution in [0, 0.1) is 0 Å². The Morgan fingerprint density at radius 2 is 1.95 bits per heavy atom. The van der Waals surface area contributed by atoms with E-state index < -0.39 is 0 Å². The highest BCUT2D eigenvalue weighted by Crippen LogP contribution is 2.34. The van der Waals surface area contributed by atoms with Crippen molar-refractivity contribution in [3.8, 4) is 0 Å². The standard InChI is InChI=1S/C18H25NO2/c20-13-18(11-4-1-5-12-18)19-17(21)16-10-6-8-14-7-2-3-9-15(14)16/h2-3,7,9,16,20H,1,4-6,8,10-13H2,(H,19,21). The van der Waals surface area contributed by atoms with E-state index in [0.29, 0.717) is 0 Å². The first kappa shape index (κ1) is 14.6. The molecule has 1 fully saturated rings. The molecule has 1 unspecified atom stereocenters. The number of nitrogens with one attached hydrogen (secondary N) is 1. The number of benzene rings is 1. The molecule has 114 valence electrons. The maximum Gasteiger partial charge on any atom is 0.228 e. The number of aryl methyl sites for hydroxylation is 1. The van der Waals surface area contributed by atoms with E-state index in [9.17, 15) is 9.90 Å². The lowest BCUT2D eigenvalue weighted by molar-refractivity contribution is -0.126. The smallest absolute Gasteiger partial charge is 0.228 e. The summed E-state index contributed by atoms with van der Waals surface area (Å²) >= 11 is 0. The Hall–Kier alpha value is -1.35. The molecule has 3 rings (SSSR count). The van der Waals surface area contributed by atoms with Crippen LogP contribution in [0.5, 0.6) is 0 Å². The van der Waals surface area contributed by atoms with E-state index in [1.807, 2.05) is 6.07 Å². The largest absolute Gasteiger partial charge is 0.394 e. The third kappa shape index (κ3) is 2.98. The molecule has 0 bridgehead atoms. The summed E-state index contributed by atoms with van der Waals surface area (Å²) in [6.07, 6.45) is 8.29. The van der Waals surface area contributed by atoms with Crippen LogP contribution in [0.1, 0.15) is 62.0 Å². The van der Waals surface area contributed by atoms with Gasteiger partial charge in [0.05, 0.1) is 18.1 Å². The Kier molecular flexibility index (Phi) is 4.29. The summed E-state index contributed by atoms with van der Waals surface area (Å²) in [6.45, 7) is 0.0626. The van der Waals surface area contributed by atoms with E-state index in [0.717, 1.165) is 44.9 Å². The van der Waals surface area contributed by atoms with Crippen LogP contribution in [0.25, 0.3) is 0 Å². The Bertz CT molecular complexity index is 506. The molecular weight excluding hydrogens is 262 g/mol. The zero-order valence-corrected chi connectivity index (χ0v) is 12.6. The molecule has 0 aliphatic heterocycles. The normalized spacial score (nSPS) is 24.1. The highest BCUT2D eigenvalue weighted by Gasteiger charge is 2.36. The van der Waals surface area contributed by atoms with Crippen molar-refractivity contribution in [1.82, 2.24) is 5.32 Å². The van der Waals surface area contributed by atoms with Gasteiger partial charge in [0.2, 0.25) is 5.91 Å². The van der Waals surface area contributed by atoms with E-state index >= 15 is 0 Å². The lowest BCUT2D eigenvalue weighted by atomic mass is 9.79. The van der Waals surface area contributed by atoms with Gasteiger partial charge in [0.1, 0.15) is 0 Å². The van der Waals surface area contributed by atoms with E-state index in [1.165, 1.54) is 17.5 Å². The predicted molar refractivity (Wildman–Crippen MR) is 83.2 cm³/mol. The topological polar surface area (TPSA) is 49.3 Å². The lowest BCUT2D eigenvalue weighted by Crippen LogP contribution is -2.54. The van der Waals surface area contributed by atoms with Crippen LogP contribution in [0.2, 0.25) is 0 Å². The SMILES string of the molecule is O=C(NC1(CO)CCCCC1)C1CCCc2ccccc21. The molecule has 0 aromatic heterocycles. The molecule has 1 atom stereocenters. The van der Waals surface area contributed by atoms with Crippen LogP contribution >= 0.6 is 0 Å². The molecule has 2 aliphatic rings. The summed E-state index contributed by atoms with van der Waals surface area (Å²) in [5.41, 5.74) is 2.12. The van der Waals surface area contributed by atoms with Gasteiger partial charge in [-0.05, 0) is 43.2 Å². The van der Waals surface area contributed by atoms with Crippen molar-refractivity contribution < 1.29 is 9.90 Å². The molecule has 3 heteroatoms. The summed E-state index contributed by atoms with van der Waals surface area (Å²) < 4.78 is 0. The molecule has 0 saturated heterocycles. The highest BCUT2D eigenvalue weighted by molar-refractivity contribution is 5.85. The first-order chi connectivity index (χ1) is 10.2. The second-order valence-corrected chi connectivity index (χ2v) is 6.63. The van der Waals surface area contributed by atoms with Crippen LogP contribution in [-0.2, 0) is 11.2 Å². The average Bonchev–Trinajstić information content (AvgIpc) is 2.55. The number of carbonyl (C=O) groups excluding carboxylic acids is 1. The molecule has 21 heavy (non-hydrogen) atoms. The van der Waals surface area contributed by atoms with Gasteiger partial charge in [0.15, 0.2) is 0 Å². The maximum atomic E-state index is 12.8. The average molecular weight is 287 g/mol. The molecular formula is C18H25NO2. The van der Waals surface area contributed by atoms with Gasteiger partial charge in [-0.3, -0.25) is 4.79 Å². The number of rotatable bonds is 3. The van der Waals surface area contributed by atoms with Crippen LogP contribution in [-0.4, -0.2) is 23.2 Å². The Morgan fingerprint density at radius 1 is 1.19 bits per heavy atom. The van der Waals surface area contributed by atoms with Gasteiger partial charge in [-0.15, -0.1) is 0 Å². The highest BCUT2D eigenvalue weighted by atomic mass is 16.3. The zero-order valence-electron chi connectivity index (χ0n) is 12.6. The molecule has 1 amide bonds. The number of aliphatic hydroxyl groups is 1. The van der Waals surface area contributed by atoms with Gasteiger partial charge < -0.3 is 10.4 Å². The number of hydrogen-bond acceptors (Lipinski definition) is 2. The van der Waals surface area contributed by atoms with E-state index in [2.05, 4.69) is 23.5 Å². The van der Waals surface area contributed by atoms with Gasteiger partial charge >= 0.3 is 0 Å². The first-order valence-electron chi connectivity index (χ1n) is 8.25. The fourth-order valence-corrected chi connectivity index (χ4v) is 3.93. The Labute approximate surface area is 126 Å². The minimum atomic E-state index is -0.373. The van der Waals surface area contributed by atoms with Crippen molar-refractivity contribution >= 4 is 5.91 Å².